The Bertz CT molecular complexity index is 942. The Kier molecular flexibility index (Phi) is 40.1. The van der Waals surface area contributed by atoms with Crippen molar-refractivity contribution in [3.8, 4) is 0 Å². The molecule has 0 radical (unpaired) electrons. The van der Waals surface area contributed by atoms with Gasteiger partial charge in [-0.3, -0.25) is 13.8 Å². The molecular weight excluding hydrogens is 732 g/mol. The predicted molar refractivity (Wildman–Crippen MR) is 245 cm³/mol. The largest absolute Gasteiger partial charge is 0.472 e. The van der Waals surface area contributed by atoms with E-state index < -0.39 is 20.0 Å². The molecule has 0 aliphatic rings. The maximum Gasteiger partial charge on any atom is 0.472 e. The van der Waals surface area contributed by atoms with Crippen LogP contribution in [0, 0.1) is 0 Å². The van der Waals surface area contributed by atoms with E-state index in [2.05, 4.69) is 19.2 Å². The van der Waals surface area contributed by atoms with Crippen molar-refractivity contribution in [2.24, 2.45) is 0 Å². The Morgan fingerprint density at radius 1 is 0.579 bits per heavy atom. The lowest BCUT2D eigenvalue weighted by molar-refractivity contribution is -0.870. The summed E-state index contributed by atoms with van der Waals surface area (Å²) in [5.41, 5.74) is 0. The summed E-state index contributed by atoms with van der Waals surface area (Å²) in [6.07, 6.45) is 47.1. The van der Waals surface area contributed by atoms with Gasteiger partial charge in [-0.15, -0.1) is 0 Å². The first-order valence-corrected chi connectivity index (χ1v) is 26.1. The van der Waals surface area contributed by atoms with E-state index in [9.17, 15) is 19.4 Å². The number of nitrogens with zero attached hydrogens (tertiary/aromatic N) is 1. The van der Waals surface area contributed by atoms with Crippen LogP contribution in [0.25, 0.3) is 0 Å². The van der Waals surface area contributed by atoms with E-state index in [1.54, 1.807) is 6.08 Å². The molecule has 1 amide bonds. The van der Waals surface area contributed by atoms with Crippen LogP contribution in [0.2, 0.25) is 0 Å². The predicted octanol–water partition coefficient (Wildman–Crippen LogP) is 13.9. The normalized spacial score (nSPS) is 14.3. The lowest BCUT2D eigenvalue weighted by Crippen LogP contribution is -2.45. The number of phosphoric ester groups is 1. The van der Waals surface area contributed by atoms with E-state index in [1.807, 2.05) is 27.2 Å². The summed E-state index contributed by atoms with van der Waals surface area (Å²) in [6, 6.07) is -0.840. The number of hydrogen-bond acceptors (Lipinski definition) is 5. The Morgan fingerprint density at radius 3 is 1.30 bits per heavy atom. The van der Waals surface area contributed by atoms with Gasteiger partial charge in [0.05, 0.1) is 39.9 Å². The van der Waals surface area contributed by atoms with Gasteiger partial charge in [0.25, 0.3) is 0 Å². The van der Waals surface area contributed by atoms with Gasteiger partial charge in [0.15, 0.2) is 0 Å². The zero-order valence-electron chi connectivity index (χ0n) is 38.6. The number of likely N-dealkylation sites (N-methyl/N-ethyl adjacent to an activating group) is 1. The summed E-state index contributed by atoms with van der Waals surface area (Å²) in [7, 11) is 1.58. The fraction of sp³-hybridized carbons (Fsp3) is 0.938. The van der Waals surface area contributed by atoms with Crippen molar-refractivity contribution in [3.05, 3.63) is 12.2 Å². The molecule has 0 bridgehead atoms. The van der Waals surface area contributed by atoms with Gasteiger partial charge < -0.3 is 19.8 Å². The highest BCUT2D eigenvalue weighted by molar-refractivity contribution is 7.47. The number of aliphatic hydroxyl groups is 1. The van der Waals surface area contributed by atoms with Gasteiger partial charge in [-0.2, -0.15) is 0 Å². The van der Waals surface area contributed by atoms with Crippen molar-refractivity contribution in [1.29, 1.82) is 0 Å². The minimum absolute atomic E-state index is 0.0649. The Morgan fingerprint density at radius 2 is 0.930 bits per heavy atom. The first kappa shape index (κ1) is 56.2. The van der Waals surface area contributed by atoms with Crippen molar-refractivity contribution in [2.75, 3.05) is 40.9 Å². The average Bonchev–Trinajstić information content (AvgIpc) is 3.16. The first-order valence-electron chi connectivity index (χ1n) is 24.6. The average molecular weight is 830 g/mol. The standard InChI is InChI=1S/C48H97N2O6P/c1-6-8-10-12-14-16-18-20-22-24-26-28-30-32-34-36-38-40-42-48(52)49-46(45-56-57(53,54)55-44-43-50(3,4)5)47(51)41-39-37-35-33-31-29-27-25-23-21-19-17-15-13-11-9-7-2/h39,41,46-47,51H,6-38,40,42-45H2,1-5H3,(H-,49,52,53,54)/p+1/b41-39+/t46-,47+/m0/s1. The maximum absolute atomic E-state index is 12.9. The highest BCUT2D eigenvalue weighted by atomic mass is 31.2. The monoisotopic (exact) mass is 830 g/mol. The lowest BCUT2D eigenvalue weighted by atomic mass is 10.0. The molecule has 0 spiro atoms. The topological polar surface area (TPSA) is 105 Å². The minimum Gasteiger partial charge on any atom is -0.387 e. The van der Waals surface area contributed by atoms with Crippen LogP contribution >= 0.6 is 7.82 Å². The SMILES string of the molecule is CCCCCCCCCCCCCCCCC/C=C/[C@@H](O)[C@H](COP(=O)(O)OCC[N+](C)(C)C)NC(=O)CCCCCCCCCCCCCCCCCCCC. The molecule has 3 N–H and O–H groups in total. The van der Waals surface area contributed by atoms with Gasteiger partial charge in [-0.1, -0.05) is 225 Å². The molecule has 0 saturated heterocycles. The van der Waals surface area contributed by atoms with Crippen LogP contribution in [0.3, 0.4) is 0 Å². The van der Waals surface area contributed by atoms with Gasteiger partial charge in [-0.05, 0) is 19.3 Å². The second kappa shape index (κ2) is 40.6. The molecule has 0 aromatic carbocycles. The molecule has 0 heterocycles. The molecule has 57 heavy (non-hydrogen) atoms. The number of nitrogens with one attached hydrogen (secondary N) is 1. The van der Waals surface area contributed by atoms with Crippen molar-refractivity contribution < 1.29 is 32.9 Å². The Labute approximate surface area is 354 Å². The zero-order chi connectivity index (χ0) is 42.1. The van der Waals surface area contributed by atoms with E-state index in [-0.39, 0.29) is 19.1 Å². The summed E-state index contributed by atoms with van der Waals surface area (Å²) < 4.78 is 23.6. The third kappa shape index (κ3) is 43.1. The second-order valence-electron chi connectivity index (χ2n) is 18.2. The van der Waals surface area contributed by atoms with Crippen LogP contribution in [-0.4, -0.2) is 73.4 Å². The summed E-state index contributed by atoms with van der Waals surface area (Å²) in [6.45, 7) is 4.84. The second-order valence-corrected chi connectivity index (χ2v) is 19.7. The third-order valence-corrected chi connectivity index (χ3v) is 12.2. The molecule has 0 aliphatic heterocycles. The van der Waals surface area contributed by atoms with Crippen molar-refractivity contribution in [3.63, 3.8) is 0 Å². The molecule has 8 nitrogen and oxygen atoms in total. The number of phosphoric acid groups is 1. The summed E-state index contributed by atoms with van der Waals surface area (Å²) in [5.74, 6) is -0.173. The van der Waals surface area contributed by atoms with Gasteiger partial charge in [0, 0.05) is 6.42 Å². The molecule has 9 heteroatoms. The Balaban J connectivity index is 4.32. The van der Waals surface area contributed by atoms with Crippen LogP contribution in [0.15, 0.2) is 12.2 Å². The molecule has 340 valence electrons. The smallest absolute Gasteiger partial charge is 0.387 e. The van der Waals surface area contributed by atoms with Crippen molar-refractivity contribution in [1.82, 2.24) is 5.32 Å². The fourth-order valence-electron chi connectivity index (χ4n) is 7.34. The van der Waals surface area contributed by atoms with Gasteiger partial charge in [0.2, 0.25) is 5.91 Å². The number of carbonyl (C=O) groups excluding carboxylic acids is 1. The number of hydrogen-bond donors (Lipinski definition) is 3. The van der Waals surface area contributed by atoms with E-state index in [4.69, 9.17) is 9.05 Å². The molecule has 0 aromatic rings. The van der Waals surface area contributed by atoms with Crippen LogP contribution in [-0.2, 0) is 18.4 Å². The lowest BCUT2D eigenvalue weighted by Gasteiger charge is -2.25. The maximum atomic E-state index is 12.9. The summed E-state index contributed by atoms with van der Waals surface area (Å²) >= 11 is 0. The Hall–Kier alpha value is -0.760. The minimum atomic E-state index is -4.33. The van der Waals surface area contributed by atoms with Gasteiger partial charge in [0.1, 0.15) is 13.2 Å². The summed E-state index contributed by atoms with van der Waals surface area (Å²) in [5, 5.41) is 13.9. The molecule has 0 saturated carbocycles. The van der Waals surface area contributed by atoms with Crippen LogP contribution in [0.4, 0.5) is 0 Å². The van der Waals surface area contributed by atoms with Crippen LogP contribution in [0.1, 0.15) is 239 Å². The fourth-order valence-corrected chi connectivity index (χ4v) is 8.07. The van der Waals surface area contributed by atoms with Gasteiger partial charge >= 0.3 is 7.82 Å². The first-order chi connectivity index (χ1) is 27.5. The van der Waals surface area contributed by atoms with E-state index in [1.165, 1.54) is 186 Å². The zero-order valence-corrected chi connectivity index (χ0v) is 39.5. The van der Waals surface area contributed by atoms with Crippen LogP contribution in [0.5, 0.6) is 0 Å². The van der Waals surface area contributed by atoms with E-state index >= 15 is 0 Å². The van der Waals surface area contributed by atoms with E-state index in [0.717, 1.165) is 32.1 Å². The van der Waals surface area contributed by atoms with Crippen molar-refractivity contribution >= 4 is 13.7 Å². The quantitative estimate of drug-likeness (QED) is 0.0244. The number of quaternary nitrogens is 1. The molecule has 3 atom stereocenters. The molecule has 0 aromatic heterocycles. The number of amides is 1. The number of rotatable bonds is 45. The van der Waals surface area contributed by atoms with Crippen molar-refractivity contribution in [2.45, 2.75) is 251 Å². The third-order valence-electron chi connectivity index (χ3n) is 11.3. The number of aliphatic hydroxyl groups excluding tert-OH is 1. The van der Waals surface area contributed by atoms with Gasteiger partial charge in [-0.25, -0.2) is 4.57 Å². The summed E-state index contributed by atoms with van der Waals surface area (Å²) in [4.78, 5) is 23.2. The number of carbonyl (C=O) groups is 1. The molecule has 1 unspecified atom stereocenters. The molecule has 0 aliphatic carbocycles. The number of unbranched alkanes of at least 4 members (excludes halogenated alkanes) is 32. The number of allylic oxidation sites excluding steroid dienone is 1. The van der Waals surface area contributed by atoms with E-state index in [0.29, 0.717) is 17.4 Å². The molecular formula is C48H98N2O6P+. The highest BCUT2D eigenvalue weighted by Crippen LogP contribution is 2.43. The highest BCUT2D eigenvalue weighted by Gasteiger charge is 2.27. The molecule has 0 fully saturated rings. The van der Waals surface area contributed by atoms with Crippen LogP contribution < -0.4 is 5.32 Å². The molecule has 0 rings (SSSR count).